The smallest absolute Gasteiger partial charge is 0.258 e. The highest BCUT2D eigenvalue weighted by Gasteiger charge is 2.47. The molecule has 190 valence electrons. The quantitative estimate of drug-likeness (QED) is 0.235. The van der Waals surface area contributed by atoms with E-state index in [1.165, 1.54) is 33.4 Å². The molecule has 0 fully saturated rings. The van der Waals surface area contributed by atoms with E-state index in [0.717, 1.165) is 17.9 Å². The lowest BCUT2D eigenvalue weighted by Gasteiger charge is -2.43. The Bertz CT molecular complexity index is 938. The highest BCUT2D eigenvalue weighted by atomic mass is 28.4. The van der Waals surface area contributed by atoms with Gasteiger partial charge in [0, 0.05) is 7.11 Å². The van der Waals surface area contributed by atoms with Crippen molar-refractivity contribution in [3.05, 3.63) is 57.6 Å². The summed E-state index contributed by atoms with van der Waals surface area (Å²) in [5.74, 6) is 2.38. The number of aryl methyl sites for hydroxylation is 1. The third kappa shape index (κ3) is 5.88. The molecule has 0 radical (unpaired) electrons. The van der Waals surface area contributed by atoms with Crippen LogP contribution < -0.4 is 9.16 Å². The van der Waals surface area contributed by atoms with Crippen molar-refractivity contribution in [3.8, 4) is 11.5 Å². The molecule has 0 N–H and O–H groups in total. The van der Waals surface area contributed by atoms with Crippen molar-refractivity contribution in [2.24, 2.45) is 0 Å². The maximum absolute atomic E-state index is 7.10. The second-order valence-electron chi connectivity index (χ2n) is 11.1. The van der Waals surface area contributed by atoms with Gasteiger partial charge in [0.2, 0.25) is 0 Å². The molecule has 0 aliphatic carbocycles. The Kier molecular flexibility index (Phi) is 9.85. The molecule has 0 atom stereocenters. The molecule has 0 spiro atoms. The lowest BCUT2D eigenvalue weighted by atomic mass is 9.91. The van der Waals surface area contributed by atoms with Crippen molar-refractivity contribution in [1.82, 2.24) is 0 Å². The van der Waals surface area contributed by atoms with E-state index in [1.807, 2.05) is 0 Å². The highest BCUT2D eigenvalue weighted by molar-refractivity contribution is 6.78. The molecule has 0 aromatic heterocycles. The minimum atomic E-state index is -2.00. The lowest BCUT2D eigenvalue weighted by molar-refractivity contribution is 0.0502. The van der Waals surface area contributed by atoms with Crippen LogP contribution in [-0.4, -0.2) is 22.2 Å². The molecule has 3 nitrogen and oxygen atoms in total. The molecule has 0 aliphatic heterocycles. The number of rotatable bonds is 11. The van der Waals surface area contributed by atoms with Crippen LogP contribution in [0, 0.1) is 20.8 Å². The van der Waals surface area contributed by atoms with Gasteiger partial charge < -0.3 is 13.9 Å². The van der Waals surface area contributed by atoms with Crippen LogP contribution in [0.4, 0.5) is 0 Å². The van der Waals surface area contributed by atoms with Gasteiger partial charge in [0.1, 0.15) is 11.5 Å². The van der Waals surface area contributed by atoms with Crippen LogP contribution in [0.1, 0.15) is 94.7 Å². The zero-order valence-electron chi connectivity index (χ0n) is 23.8. The minimum Gasteiger partial charge on any atom is -0.542 e. The van der Waals surface area contributed by atoms with Crippen LogP contribution >= 0.6 is 0 Å². The summed E-state index contributed by atoms with van der Waals surface area (Å²) in [5, 5.41) is 0. The van der Waals surface area contributed by atoms with E-state index < -0.39 is 8.32 Å². The molecule has 0 unspecified atom stereocenters. The summed E-state index contributed by atoms with van der Waals surface area (Å²) in [6.45, 7) is 25.5. The van der Waals surface area contributed by atoms with Gasteiger partial charge in [-0.1, -0.05) is 67.5 Å². The number of benzene rings is 2. The Morgan fingerprint density at radius 3 is 1.85 bits per heavy atom. The van der Waals surface area contributed by atoms with Gasteiger partial charge in [0.05, 0.1) is 0 Å². The zero-order chi connectivity index (χ0) is 25.8. The fourth-order valence-electron chi connectivity index (χ4n) is 5.64. The molecular formula is C30H48O3Si. The predicted molar refractivity (Wildman–Crippen MR) is 148 cm³/mol. The zero-order valence-corrected chi connectivity index (χ0v) is 24.8. The summed E-state index contributed by atoms with van der Waals surface area (Å²) in [5.41, 5.74) is 9.54. The number of hydrogen-bond acceptors (Lipinski definition) is 3. The topological polar surface area (TPSA) is 27.7 Å². The molecule has 0 heterocycles. The van der Waals surface area contributed by atoms with Crippen molar-refractivity contribution in [3.63, 3.8) is 0 Å². The molecule has 0 saturated heterocycles. The van der Waals surface area contributed by atoms with E-state index in [2.05, 4.69) is 100 Å². The standard InChI is InChI=1S/C30H48O3Si/c1-19(2)27-16-26(13-14-29(27)32-18-31-12)17-28-23(9)15-30(25(11)24(28)10)33-34(20(3)4,21(5)6)22(7)8/h13-16,19-22H,17-18H2,1-12H3. The Morgan fingerprint density at radius 1 is 0.765 bits per heavy atom. The van der Waals surface area contributed by atoms with Gasteiger partial charge in [-0.05, 0) is 95.2 Å². The van der Waals surface area contributed by atoms with Crippen molar-refractivity contribution in [2.45, 2.75) is 105 Å². The van der Waals surface area contributed by atoms with Crippen LogP contribution in [0.3, 0.4) is 0 Å². The average Bonchev–Trinajstić information content (AvgIpc) is 2.76. The summed E-state index contributed by atoms with van der Waals surface area (Å²) in [6.07, 6.45) is 0.907. The van der Waals surface area contributed by atoms with Crippen molar-refractivity contribution < 1.29 is 13.9 Å². The molecule has 34 heavy (non-hydrogen) atoms. The van der Waals surface area contributed by atoms with Gasteiger partial charge >= 0.3 is 0 Å². The Balaban J connectivity index is 2.46. The summed E-state index contributed by atoms with van der Waals surface area (Å²) in [7, 11) is -0.345. The fraction of sp³-hybridized carbons (Fsp3) is 0.600. The first-order valence-electron chi connectivity index (χ1n) is 12.9. The van der Waals surface area contributed by atoms with Crippen LogP contribution in [0.25, 0.3) is 0 Å². The second-order valence-corrected chi connectivity index (χ2v) is 16.5. The first-order valence-corrected chi connectivity index (χ1v) is 15.0. The molecule has 2 aromatic rings. The van der Waals surface area contributed by atoms with E-state index in [9.17, 15) is 0 Å². The molecule has 0 aliphatic rings. The van der Waals surface area contributed by atoms with Gasteiger partial charge in [-0.3, -0.25) is 0 Å². The third-order valence-electron chi connectivity index (χ3n) is 7.61. The highest BCUT2D eigenvalue weighted by Crippen LogP contribution is 2.44. The molecular weight excluding hydrogens is 436 g/mol. The Hall–Kier alpha value is -1.78. The normalized spacial score (nSPS) is 12.4. The largest absolute Gasteiger partial charge is 0.542 e. The maximum Gasteiger partial charge on any atom is 0.258 e. The van der Waals surface area contributed by atoms with Crippen molar-refractivity contribution in [1.29, 1.82) is 0 Å². The summed E-state index contributed by atoms with van der Waals surface area (Å²) in [6, 6.07) is 8.87. The number of methoxy groups -OCH3 is 1. The van der Waals surface area contributed by atoms with Crippen LogP contribution in [0.2, 0.25) is 16.6 Å². The lowest BCUT2D eigenvalue weighted by Crippen LogP contribution is -2.50. The summed E-state index contributed by atoms with van der Waals surface area (Å²) in [4.78, 5) is 0. The Labute approximate surface area is 210 Å². The molecule has 2 rings (SSSR count). The average molecular weight is 485 g/mol. The molecule has 4 heteroatoms. The van der Waals surface area contributed by atoms with Gasteiger partial charge in [0.15, 0.2) is 6.79 Å². The summed E-state index contributed by atoms with van der Waals surface area (Å²) < 4.78 is 18.0. The molecule has 0 bridgehead atoms. The van der Waals surface area contributed by atoms with Gasteiger partial charge in [0.25, 0.3) is 8.32 Å². The van der Waals surface area contributed by atoms with Crippen LogP contribution in [0.5, 0.6) is 11.5 Å². The number of hydrogen-bond donors (Lipinski definition) is 0. The van der Waals surface area contributed by atoms with E-state index >= 15 is 0 Å². The second kappa shape index (κ2) is 11.8. The van der Waals surface area contributed by atoms with Crippen LogP contribution in [-0.2, 0) is 11.2 Å². The SMILES string of the molecule is COCOc1ccc(Cc2c(C)cc(O[Si](C(C)C)(C(C)C)C(C)C)c(C)c2C)cc1C(C)C. The van der Waals surface area contributed by atoms with E-state index in [-0.39, 0.29) is 6.79 Å². The predicted octanol–water partition coefficient (Wildman–Crippen LogP) is 8.86. The first kappa shape index (κ1) is 28.5. The number of ether oxygens (including phenoxy) is 2. The maximum atomic E-state index is 7.10. The molecule has 0 saturated carbocycles. The fourth-order valence-corrected chi connectivity index (χ4v) is 10.9. The Morgan fingerprint density at radius 2 is 1.35 bits per heavy atom. The van der Waals surface area contributed by atoms with E-state index in [1.54, 1.807) is 7.11 Å². The van der Waals surface area contributed by atoms with Crippen LogP contribution in [0.15, 0.2) is 24.3 Å². The van der Waals surface area contributed by atoms with Crippen molar-refractivity contribution >= 4 is 8.32 Å². The van der Waals surface area contributed by atoms with E-state index in [0.29, 0.717) is 22.5 Å². The van der Waals surface area contributed by atoms with E-state index in [4.69, 9.17) is 13.9 Å². The van der Waals surface area contributed by atoms with Gasteiger partial charge in [-0.15, -0.1) is 0 Å². The van der Waals surface area contributed by atoms with Crippen molar-refractivity contribution in [2.75, 3.05) is 13.9 Å². The summed E-state index contributed by atoms with van der Waals surface area (Å²) >= 11 is 0. The monoisotopic (exact) mass is 484 g/mol. The first-order chi connectivity index (χ1) is 15.9. The van der Waals surface area contributed by atoms with Gasteiger partial charge in [-0.25, -0.2) is 0 Å². The molecule has 0 amide bonds. The molecule has 2 aromatic carbocycles. The van der Waals surface area contributed by atoms with Gasteiger partial charge in [-0.2, -0.15) is 0 Å². The third-order valence-corrected chi connectivity index (χ3v) is 13.6. The minimum absolute atomic E-state index is 0.270.